The molecule has 1 aliphatic carbocycles. The number of aromatic nitrogens is 2. The Balaban J connectivity index is 1.85. The maximum atomic E-state index is 11.7. The van der Waals surface area contributed by atoms with Crippen molar-refractivity contribution in [2.75, 3.05) is 0 Å². The minimum Gasteiger partial charge on any atom is -0.348 e. The largest absolute Gasteiger partial charge is 0.348 e. The van der Waals surface area contributed by atoms with E-state index in [4.69, 9.17) is 5.73 Å². The molecule has 1 aromatic heterocycles. The number of carbonyl (C=O) groups is 1. The van der Waals surface area contributed by atoms with Gasteiger partial charge in [-0.15, -0.1) is 0 Å². The molecule has 0 fully saturated rings. The van der Waals surface area contributed by atoms with Crippen molar-refractivity contribution in [1.29, 1.82) is 0 Å². The predicted molar refractivity (Wildman–Crippen MR) is 60.3 cm³/mol. The van der Waals surface area contributed by atoms with E-state index in [1.807, 2.05) is 30.0 Å². The molecule has 5 heteroatoms. The second-order valence-corrected chi connectivity index (χ2v) is 4.06. The second-order valence-electron chi connectivity index (χ2n) is 4.06. The molecule has 1 amide bonds. The van der Waals surface area contributed by atoms with Crippen molar-refractivity contribution in [2.24, 2.45) is 18.7 Å². The lowest BCUT2D eigenvalue weighted by Crippen LogP contribution is -2.31. The molecule has 0 aromatic carbocycles. The van der Waals surface area contributed by atoms with Crippen LogP contribution in [0, 0.1) is 5.92 Å². The van der Waals surface area contributed by atoms with E-state index in [0.29, 0.717) is 13.0 Å². The Bertz CT molecular complexity index is 410. The molecule has 0 spiro atoms. The van der Waals surface area contributed by atoms with Crippen LogP contribution in [0.1, 0.15) is 12.2 Å². The van der Waals surface area contributed by atoms with Crippen molar-refractivity contribution >= 4 is 5.91 Å². The van der Waals surface area contributed by atoms with Crippen molar-refractivity contribution in [3.8, 4) is 0 Å². The summed E-state index contributed by atoms with van der Waals surface area (Å²) >= 11 is 0. The summed E-state index contributed by atoms with van der Waals surface area (Å²) in [6.07, 6.45) is 8.02. The highest BCUT2D eigenvalue weighted by atomic mass is 16.1. The Labute approximate surface area is 94.3 Å². The fraction of sp³-hybridized carbons (Fsp3) is 0.455. The van der Waals surface area contributed by atoms with Gasteiger partial charge in [-0.3, -0.25) is 4.79 Å². The number of imidazole rings is 1. The first-order valence-electron chi connectivity index (χ1n) is 5.34. The van der Waals surface area contributed by atoms with Crippen LogP contribution in [0.3, 0.4) is 0 Å². The molecule has 0 bridgehead atoms. The fourth-order valence-electron chi connectivity index (χ4n) is 1.79. The van der Waals surface area contributed by atoms with Crippen molar-refractivity contribution in [1.82, 2.24) is 14.9 Å². The summed E-state index contributed by atoms with van der Waals surface area (Å²) in [4.78, 5) is 15.9. The normalized spacial score (nSPS) is 23.6. The van der Waals surface area contributed by atoms with E-state index in [0.717, 1.165) is 5.82 Å². The van der Waals surface area contributed by atoms with Crippen LogP contribution in [-0.4, -0.2) is 21.5 Å². The molecule has 0 saturated carbocycles. The van der Waals surface area contributed by atoms with Gasteiger partial charge in [-0.25, -0.2) is 4.98 Å². The SMILES string of the molecule is Cn1ccnc1CNC(=O)C1C=CC(N)C1. The molecule has 3 N–H and O–H groups in total. The second kappa shape index (κ2) is 4.49. The first kappa shape index (κ1) is 10.9. The third-order valence-electron chi connectivity index (χ3n) is 2.80. The Morgan fingerprint density at radius 1 is 1.69 bits per heavy atom. The molecule has 1 heterocycles. The van der Waals surface area contributed by atoms with Crippen LogP contribution in [0.4, 0.5) is 0 Å². The molecule has 86 valence electrons. The van der Waals surface area contributed by atoms with Crippen molar-refractivity contribution in [2.45, 2.75) is 19.0 Å². The van der Waals surface area contributed by atoms with Gasteiger partial charge in [0.25, 0.3) is 0 Å². The van der Waals surface area contributed by atoms with E-state index in [1.165, 1.54) is 0 Å². The maximum Gasteiger partial charge on any atom is 0.227 e. The molecule has 1 aromatic rings. The average molecular weight is 220 g/mol. The van der Waals surface area contributed by atoms with Gasteiger partial charge in [0.2, 0.25) is 5.91 Å². The van der Waals surface area contributed by atoms with Gasteiger partial charge in [0, 0.05) is 25.5 Å². The van der Waals surface area contributed by atoms with Gasteiger partial charge in [-0.2, -0.15) is 0 Å². The minimum atomic E-state index is -0.0877. The van der Waals surface area contributed by atoms with Crippen LogP contribution in [0.25, 0.3) is 0 Å². The van der Waals surface area contributed by atoms with Crippen molar-refractivity contribution < 1.29 is 4.79 Å². The zero-order chi connectivity index (χ0) is 11.5. The first-order valence-corrected chi connectivity index (χ1v) is 5.34. The zero-order valence-corrected chi connectivity index (χ0v) is 9.26. The number of amides is 1. The number of aryl methyl sites for hydroxylation is 1. The molecule has 5 nitrogen and oxygen atoms in total. The zero-order valence-electron chi connectivity index (χ0n) is 9.26. The van der Waals surface area contributed by atoms with Crippen LogP contribution >= 0.6 is 0 Å². The minimum absolute atomic E-state index is 0.0175. The predicted octanol–water partition coefficient (Wildman–Crippen LogP) is -0.0603. The monoisotopic (exact) mass is 220 g/mol. The summed E-state index contributed by atoms with van der Waals surface area (Å²) in [5.41, 5.74) is 5.69. The van der Waals surface area contributed by atoms with Gasteiger partial charge in [0.1, 0.15) is 5.82 Å². The summed E-state index contributed by atoms with van der Waals surface area (Å²) in [5.74, 6) is 0.780. The third kappa shape index (κ3) is 2.30. The molecule has 2 atom stereocenters. The Kier molecular flexibility index (Phi) is 3.05. The summed E-state index contributed by atoms with van der Waals surface area (Å²) in [5, 5.41) is 2.86. The molecule has 16 heavy (non-hydrogen) atoms. The first-order chi connectivity index (χ1) is 7.66. The number of carbonyl (C=O) groups excluding carboxylic acids is 1. The topological polar surface area (TPSA) is 72.9 Å². The highest BCUT2D eigenvalue weighted by molar-refractivity contribution is 5.80. The summed E-state index contributed by atoms with van der Waals surface area (Å²) in [6.45, 7) is 0.460. The lowest BCUT2D eigenvalue weighted by molar-refractivity contribution is -0.123. The highest BCUT2D eigenvalue weighted by Gasteiger charge is 2.22. The van der Waals surface area contributed by atoms with Gasteiger partial charge in [0.05, 0.1) is 12.5 Å². The highest BCUT2D eigenvalue weighted by Crippen LogP contribution is 2.16. The van der Waals surface area contributed by atoms with Crippen LogP contribution < -0.4 is 11.1 Å². The molecule has 0 radical (unpaired) electrons. The van der Waals surface area contributed by atoms with Crippen LogP contribution in [0.2, 0.25) is 0 Å². The summed E-state index contributed by atoms with van der Waals surface area (Å²) in [6, 6.07) is 0.0175. The Morgan fingerprint density at radius 3 is 3.06 bits per heavy atom. The molecule has 2 rings (SSSR count). The number of nitrogens with one attached hydrogen (secondary N) is 1. The molecule has 2 unspecified atom stereocenters. The quantitative estimate of drug-likeness (QED) is 0.701. The van der Waals surface area contributed by atoms with Gasteiger partial charge >= 0.3 is 0 Å². The number of rotatable bonds is 3. The van der Waals surface area contributed by atoms with E-state index >= 15 is 0 Å². The van der Waals surface area contributed by atoms with E-state index < -0.39 is 0 Å². The summed E-state index contributed by atoms with van der Waals surface area (Å²) in [7, 11) is 1.90. The molecule has 0 aliphatic heterocycles. The number of nitrogens with two attached hydrogens (primary N) is 1. The van der Waals surface area contributed by atoms with Gasteiger partial charge in [0.15, 0.2) is 0 Å². The van der Waals surface area contributed by atoms with Crippen molar-refractivity contribution in [3.63, 3.8) is 0 Å². The molecular formula is C11H16N4O. The Morgan fingerprint density at radius 2 is 2.50 bits per heavy atom. The van der Waals surface area contributed by atoms with Crippen LogP contribution in [-0.2, 0) is 18.4 Å². The third-order valence-corrected chi connectivity index (χ3v) is 2.80. The fourth-order valence-corrected chi connectivity index (χ4v) is 1.79. The Hall–Kier alpha value is -1.62. The van der Waals surface area contributed by atoms with E-state index in [9.17, 15) is 4.79 Å². The van der Waals surface area contributed by atoms with E-state index in [2.05, 4.69) is 10.3 Å². The van der Waals surface area contributed by atoms with Gasteiger partial charge < -0.3 is 15.6 Å². The number of nitrogens with zero attached hydrogens (tertiary/aromatic N) is 2. The van der Waals surface area contributed by atoms with Crippen molar-refractivity contribution in [3.05, 3.63) is 30.4 Å². The molecule has 1 aliphatic rings. The van der Waals surface area contributed by atoms with Gasteiger partial charge in [-0.05, 0) is 6.42 Å². The lowest BCUT2D eigenvalue weighted by Gasteiger charge is -2.10. The smallest absolute Gasteiger partial charge is 0.227 e. The maximum absolute atomic E-state index is 11.7. The summed E-state index contributed by atoms with van der Waals surface area (Å²) < 4.78 is 1.89. The average Bonchev–Trinajstić information content (AvgIpc) is 2.84. The van der Waals surface area contributed by atoms with E-state index in [1.54, 1.807) is 6.20 Å². The lowest BCUT2D eigenvalue weighted by atomic mass is 10.1. The number of hydrogen-bond donors (Lipinski definition) is 2. The van der Waals surface area contributed by atoms with E-state index in [-0.39, 0.29) is 17.9 Å². The van der Waals surface area contributed by atoms with Gasteiger partial charge in [-0.1, -0.05) is 12.2 Å². The molecular weight excluding hydrogens is 204 g/mol. The molecule has 0 saturated heterocycles. The standard InChI is InChI=1S/C11H16N4O/c1-15-5-4-13-10(15)7-14-11(16)8-2-3-9(12)6-8/h2-5,8-9H,6-7,12H2,1H3,(H,14,16). The number of hydrogen-bond acceptors (Lipinski definition) is 3. The van der Waals surface area contributed by atoms with Crippen LogP contribution in [0.15, 0.2) is 24.5 Å². The van der Waals surface area contributed by atoms with Crippen LogP contribution in [0.5, 0.6) is 0 Å².